The van der Waals surface area contributed by atoms with Crippen molar-refractivity contribution in [3.05, 3.63) is 11.9 Å². The molecule has 0 spiro atoms. The van der Waals surface area contributed by atoms with E-state index in [2.05, 4.69) is 10.3 Å². The maximum atomic E-state index is 11.4. The Bertz CT molecular complexity index is 428. The van der Waals surface area contributed by atoms with Gasteiger partial charge >= 0.3 is 5.97 Å². The molecule has 1 N–H and O–H groups in total. The van der Waals surface area contributed by atoms with Gasteiger partial charge in [0.1, 0.15) is 0 Å². The fourth-order valence-electron chi connectivity index (χ4n) is 1.58. The summed E-state index contributed by atoms with van der Waals surface area (Å²) in [5.74, 6) is -0.718. The van der Waals surface area contributed by atoms with Gasteiger partial charge in [0.15, 0.2) is 0 Å². The largest absolute Gasteiger partial charge is 0.481 e. The lowest BCUT2D eigenvalue weighted by molar-refractivity contribution is -0.137. The number of hydrogen-bond acceptors (Lipinski definition) is 4. The molecule has 1 rings (SSSR count). The van der Waals surface area contributed by atoms with Gasteiger partial charge in [0.25, 0.3) is 0 Å². The Morgan fingerprint density at radius 3 is 2.68 bits per heavy atom. The van der Waals surface area contributed by atoms with Crippen molar-refractivity contribution in [2.75, 3.05) is 14.1 Å². The molecule has 0 aliphatic heterocycles. The van der Waals surface area contributed by atoms with Crippen LogP contribution in [0, 0.1) is 0 Å². The summed E-state index contributed by atoms with van der Waals surface area (Å²) in [6.07, 6.45) is 4.53. The highest BCUT2D eigenvalue weighted by atomic mass is 16.4. The zero-order chi connectivity index (χ0) is 14.3. The molecule has 1 amide bonds. The van der Waals surface area contributed by atoms with Crippen LogP contribution in [0.5, 0.6) is 0 Å². The minimum absolute atomic E-state index is 0.0542. The molecule has 19 heavy (non-hydrogen) atoms. The van der Waals surface area contributed by atoms with Crippen molar-refractivity contribution >= 4 is 11.9 Å². The van der Waals surface area contributed by atoms with Crippen molar-refractivity contribution in [1.29, 1.82) is 0 Å². The topological polar surface area (TPSA) is 88.3 Å². The summed E-state index contributed by atoms with van der Waals surface area (Å²) in [5, 5.41) is 16.5. The lowest BCUT2D eigenvalue weighted by atomic mass is 10.1. The van der Waals surface area contributed by atoms with E-state index in [9.17, 15) is 9.59 Å². The predicted molar refractivity (Wildman–Crippen MR) is 68.5 cm³/mol. The average molecular weight is 268 g/mol. The number of aryl methyl sites for hydroxylation is 2. The normalized spacial score (nSPS) is 10.4. The van der Waals surface area contributed by atoms with E-state index < -0.39 is 5.97 Å². The van der Waals surface area contributed by atoms with Gasteiger partial charge in [0.05, 0.1) is 12.2 Å². The molecule has 0 fully saturated rings. The second-order valence-electron chi connectivity index (χ2n) is 4.61. The number of carboxylic acid groups (broad SMARTS) is 1. The third-order valence-corrected chi connectivity index (χ3v) is 2.71. The molecule has 0 radical (unpaired) electrons. The van der Waals surface area contributed by atoms with Gasteiger partial charge in [-0.05, 0) is 19.3 Å². The van der Waals surface area contributed by atoms with Crippen molar-refractivity contribution in [3.8, 4) is 0 Å². The Balaban J connectivity index is 2.28. The molecule has 1 aromatic rings. The number of aromatic nitrogens is 3. The molecular weight excluding hydrogens is 248 g/mol. The molecule has 1 heterocycles. The minimum atomic E-state index is -0.772. The first-order valence-electron chi connectivity index (χ1n) is 6.30. The first-order valence-corrected chi connectivity index (χ1v) is 6.30. The summed E-state index contributed by atoms with van der Waals surface area (Å²) >= 11 is 0. The van der Waals surface area contributed by atoms with E-state index in [4.69, 9.17) is 5.11 Å². The summed E-state index contributed by atoms with van der Waals surface area (Å²) in [5.41, 5.74) is 0.836. The number of carbonyl (C=O) groups excluding carboxylic acids is 1. The minimum Gasteiger partial charge on any atom is -0.481 e. The van der Waals surface area contributed by atoms with E-state index in [1.165, 1.54) is 0 Å². The Kier molecular flexibility index (Phi) is 5.98. The van der Waals surface area contributed by atoms with Crippen molar-refractivity contribution in [2.45, 2.75) is 38.6 Å². The molecule has 0 aromatic carbocycles. The fourth-order valence-corrected chi connectivity index (χ4v) is 1.58. The SMILES string of the molecule is CN(C)C(=O)CCn1cc(CCCCC(=O)O)nn1. The molecule has 1 aromatic heterocycles. The van der Waals surface area contributed by atoms with Gasteiger partial charge in [-0.25, -0.2) is 0 Å². The number of unbranched alkanes of at least 4 members (excludes halogenated alkanes) is 1. The summed E-state index contributed by atoms with van der Waals surface area (Å²) < 4.78 is 1.65. The van der Waals surface area contributed by atoms with Gasteiger partial charge in [0, 0.05) is 33.1 Å². The van der Waals surface area contributed by atoms with Crippen LogP contribution in [-0.2, 0) is 22.6 Å². The second kappa shape index (κ2) is 7.50. The third kappa shape index (κ3) is 5.98. The molecule has 0 unspecified atom stereocenters. The maximum Gasteiger partial charge on any atom is 0.303 e. The first-order chi connectivity index (χ1) is 8.99. The predicted octanol–water partition coefficient (Wildman–Crippen LogP) is 0.554. The highest BCUT2D eigenvalue weighted by Crippen LogP contribution is 2.04. The molecule has 0 bridgehead atoms. The molecule has 0 aliphatic carbocycles. The summed E-state index contributed by atoms with van der Waals surface area (Å²) in [6, 6.07) is 0. The summed E-state index contributed by atoms with van der Waals surface area (Å²) in [6.45, 7) is 0.513. The highest BCUT2D eigenvalue weighted by Gasteiger charge is 2.06. The van der Waals surface area contributed by atoms with E-state index in [0.717, 1.165) is 18.5 Å². The molecule has 0 aliphatic rings. The Morgan fingerprint density at radius 1 is 1.32 bits per heavy atom. The Morgan fingerprint density at radius 2 is 2.05 bits per heavy atom. The van der Waals surface area contributed by atoms with Gasteiger partial charge in [-0.1, -0.05) is 5.21 Å². The van der Waals surface area contributed by atoms with Crippen LogP contribution in [0.2, 0.25) is 0 Å². The van der Waals surface area contributed by atoms with Crippen LogP contribution in [0.3, 0.4) is 0 Å². The van der Waals surface area contributed by atoms with Crippen LogP contribution in [0.15, 0.2) is 6.20 Å². The van der Waals surface area contributed by atoms with Crippen molar-refractivity contribution < 1.29 is 14.7 Å². The fraction of sp³-hybridized carbons (Fsp3) is 0.667. The van der Waals surface area contributed by atoms with E-state index in [1.807, 2.05) is 6.20 Å². The Hall–Kier alpha value is -1.92. The first kappa shape index (κ1) is 15.1. The van der Waals surface area contributed by atoms with E-state index in [-0.39, 0.29) is 12.3 Å². The number of aliphatic carboxylic acids is 1. The van der Waals surface area contributed by atoms with Crippen molar-refractivity contribution in [3.63, 3.8) is 0 Å². The van der Waals surface area contributed by atoms with Gasteiger partial charge in [-0.3, -0.25) is 14.3 Å². The molecule has 7 nitrogen and oxygen atoms in total. The number of amides is 1. The zero-order valence-electron chi connectivity index (χ0n) is 11.4. The van der Waals surface area contributed by atoms with Crippen molar-refractivity contribution in [2.24, 2.45) is 0 Å². The van der Waals surface area contributed by atoms with E-state index in [0.29, 0.717) is 19.4 Å². The van der Waals surface area contributed by atoms with Crippen LogP contribution in [0.4, 0.5) is 0 Å². The van der Waals surface area contributed by atoms with Crippen molar-refractivity contribution in [1.82, 2.24) is 19.9 Å². The van der Waals surface area contributed by atoms with Crippen LogP contribution in [0.1, 0.15) is 31.4 Å². The van der Waals surface area contributed by atoms with Gasteiger partial charge in [0.2, 0.25) is 5.91 Å². The number of rotatable bonds is 8. The lowest BCUT2D eigenvalue weighted by Crippen LogP contribution is -2.22. The van der Waals surface area contributed by atoms with Crippen LogP contribution in [-0.4, -0.2) is 51.0 Å². The number of nitrogens with zero attached hydrogens (tertiary/aromatic N) is 4. The zero-order valence-corrected chi connectivity index (χ0v) is 11.4. The Labute approximate surface area is 112 Å². The summed E-state index contributed by atoms with van der Waals surface area (Å²) in [7, 11) is 3.44. The third-order valence-electron chi connectivity index (χ3n) is 2.71. The molecule has 0 saturated heterocycles. The number of carbonyl (C=O) groups is 2. The molecule has 0 saturated carbocycles. The van der Waals surface area contributed by atoms with E-state index >= 15 is 0 Å². The van der Waals surface area contributed by atoms with Crippen LogP contribution in [0.25, 0.3) is 0 Å². The van der Waals surface area contributed by atoms with Gasteiger partial charge < -0.3 is 10.0 Å². The standard InChI is InChI=1S/C12H20N4O3/c1-15(2)11(17)7-8-16-9-10(13-14-16)5-3-4-6-12(18)19/h9H,3-8H2,1-2H3,(H,18,19). The smallest absolute Gasteiger partial charge is 0.303 e. The summed E-state index contributed by atoms with van der Waals surface area (Å²) in [4.78, 5) is 23.3. The number of carboxylic acids is 1. The van der Waals surface area contributed by atoms with Gasteiger partial charge in [-0.2, -0.15) is 0 Å². The molecule has 7 heteroatoms. The number of hydrogen-bond donors (Lipinski definition) is 1. The second-order valence-corrected chi connectivity index (χ2v) is 4.61. The lowest BCUT2D eigenvalue weighted by Gasteiger charge is -2.09. The highest BCUT2D eigenvalue weighted by molar-refractivity contribution is 5.75. The molecule has 0 atom stereocenters. The average Bonchev–Trinajstić information content (AvgIpc) is 2.79. The van der Waals surface area contributed by atoms with E-state index in [1.54, 1.807) is 23.7 Å². The molecular formula is C12H20N4O3. The maximum absolute atomic E-state index is 11.4. The van der Waals surface area contributed by atoms with Crippen LogP contribution >= 0.6 is 0 Å². The quantitative estimate of drug-likeness (QED) is 0.696. The molecule has 106 valence electrons. The van der Waals surface area contributed by atoms with Gasteiger partial charge in [-0.15, -0.1) is 5.10 Å². The monoisotopic (exact) mass is 268 g/mol. The van der Waals surface area contributed by atoms with Crippen LogP contribution < -0.4 is 0 Å².